The lowest BCUT2D eigenvalue weighted by Crippen LogP contribution is -2.46. The third-order valence-corrected chi connectivity index (χ3v) is 5.76. The second kappa shape index (κ2) is 12.4. The minimum atomic E-state index is -4.86. The zero-order chi connectivity index (χ0) is 30.6. The van der Waals surface area contributed by atoms with Crippen LogP contribution in [-0.2, 0) is 11.3 Å². The maximum Gasteiger partial charge on any atom is 0.402 e. The van der Waals surface area contributed by atoms with Crippen LogP contribution in [0.15, 0.2) is 30.3 Å². The van der Waals surface area contributed by atoms with Crippen molar-refractivity contribution in [3.63, 3.8) is 0 Å². The summed E-state index contributed by atoms with van der Waals surface area (Å²) in [5.74, 6) is -4.58. The largest absolute Gasteiger partial charge is 0.487 e. The number of nitrogens with one attached hydrogen (secondary N) is 3. The van der Waals surface area contributed by atoms with E-state index in [1.54, 1.807) is 20.8 Å². The van der Waals surface area contributed by atoms with Crippen molar-refractivity contribution in [3.05, 3.63) is 57.9 Å². The molecule has 0 aromatic heterocycles. The molecule has 0 aliphatic carbocycles. The number of benzene rings is 2. The topological polar surface area (TPSA) is 96.5 Å². The molecule has 3 amide bonds. The zero-order valence-corrected chi connectivity index (χ0v) is 22.9. The van der Waals surface area contributed by atoms with Gasteiger partial charge in [-0.3, -0.25) is 14.4 Å². The maximum absolute atomic E-state index is 15.2. The number of halogens is 7. The van der Waals surface area contributed by atoms with Crippen LogP contribution >= 0.6 is 11.6 Å². The first-order valence-electron chi connectivity index (χ1n) is 11.8. The van der Waals surface area contributed by atoms with Crippen molar-refractivity contribution in [2.75, 3.05) is 11.9 Å². The highest BCUT2D eigenvalue weighted by atomic mass is 35.5. The van der Waals surface area contributed by atoms with Crippen LogP contribution in [-0.4, -0.2) is 42.5 Å². The summed E-state index contributed by atoms with van der Waals surface area (Å²) in [4.78, 5) is 37.8. The fourth-order valence-corrected chi connectivity index (χ4v) is 3.36. The molecule has 40 heavy (non-hydrogen) atoms. The van der Waals surface area contributed by atoms with Crippen molar-refractivity contribution in [1.29, 1.82) is 0 Å². The lowest BCUT2D eigenvalue weighted by atomic mass is 9.91. The zero-order valence-electron chi connectivity index (χ0n) is 22.2. The number of ether oxygens (including phenoxy) is 1. The molecule has 0 saturated carbocycles. The molecule has 0 radical (unpaired) electrons. The normalized spacial score (nSPS) is 12.2. The molecule has 0 fully saturated rings. The monoisotopic (exact) mass is 595 g/mol. The molecular formula is C26H28ClF6N3O4. The Kier molecular flexibility index (Phi) is 10.1. The van der Waals surface area contributed by atoms with Gasteiger partial charge < -0.3 is 20.7 Å². The average molecular weight is 596 g/mol. The van der Waals surface area contributed by atoms with Gasteiger partial charge in [-0.2, -0.15) is 13.2 Å². The van der Waals surface area contributed by atoms with E-state index in [2.05, 4.69) is 10.6 Å². The van der Waals surface area contributed by atoms with Gasteiger partial charge in [0.1, 0.15) is 23.6 Å². The van der Waals surface area contributed by atoms with Crippen LogP contribution in [0.3, 0.4) is 0 Å². The molecule has 2 aromatic rings. The van der Waals surface area contributed by atoms with Crippen LogP contribution in [0.4, 0.5) is 32.0 Å². The number of carbonyl (C=O) groups is 3. The SMILES string of the molecule is CC(C)(C)NC(=O)c1cc(NC(=O)c2c(Cl)ccc(CNC(=O)C(C)(C)C(F)(F)F)c2F)ccc1OCC(F)F. The minimum absolute atomic E-state index is 0.0467. The smallest absolute Gasteiger partial charge is 0.402 e. The molecule has 2 aromatic carbocycles. The molecule has 0 saturated heterocycles. The van der Waals surface area contributed by atoms with Gasteiger partial charge in [-0.05, 0) is 58.9 Å². The van der Waals surface area contributed by atoms with Crippen LogP contribution in [0.2, 0.25) is 5.02 Å². The van der Waals surface area contributed by atoms with E-state index in [1.165, 1.54) is 12.1 Å². The third-order valence-electron chi connectivity index (χ3n) is 5.45. The van der Waals surface area contributed by atoms with E-state index in [-0.39, 0.29) is 27.6 Å². The van der Waals surface area contributed by atoms with E-state index in [1.807, 2.05) is 5.32 Å². The third kappa shape index (κ3) is 8.26. The quantitative estimate of drug-likeness (QED) is 0.305. The van der Waals surface area contributed by atoms with Gasteiger partial charge >= 0.3 is 6.18 Å². The number of alkyl halides is 5. The fraction of sp³-hybridized carbons (Fsp3) is 0.423. The molecule has 0 bridgehead atoms. The summed E-state index contributed by atoms with van der Waals surface area (Å²) in [5, 5.41) is 6.64. The Bertz CT molecular complexity index is 1280. The molecule has 0 heterocycles. The molecule has 0 aliphatic rings. The van der Waals surface area contributed by atoms with E-state index in [4.69, 9.17) is 16.3 Å². The van der Waals surface area contributed by atoms with Crippen molar-refractivity contribution >= 4 is 35.0 Å². The fourth-order valence-electron chi connectivity index (χ4n) is 3.13. The Hall–Kier alpha value is -3.48. The van der Waals surface area contributed by atoms with Gasteiger partial charge in [-0.15, -0.1) is 0 Å². The van der Waals surface area contributed by atoms with Gasteiger partial charge in [0.15, 0.2) is 0 Å². The van der Waals surface area contributed by atoms with Crippen molar-refractivity contribution in [2.24, 2.45) is 5.41 Å². The standard InChI is InChI=1S/C26H28ClF6N3O4/c1-24(2,3)36-21(37)15-10-14(7-9-17(15)40-12-18(28)29)35-22(38)19-16(27)8-6-13(20(19)30)11-34-23(39)25(4,5)26(31,32)33/h6-10,18H,11-12H2,1-5H3,(H,34,39)(H,35,38)(H,36,37). The first-order chi connectivity index (χ1) is 18.2. The van der Waals surface area contributed by atoms with E-state index in [9.17, 15) is 36.3 Å². The Morgan fingerprint density at radius 2 is 1.60 bits per heavy atom. The Labute approximate surface area is 231 Å². The number of amides is 3. The Balaban J connectivity index is 2.34. The minimum Gasteiger partial charge on any atom is -0.487 e. The lowest BCUT2D eigenvalue weighted by molar-refractivity contribution is -0.211. The van der Waals surface area contributed by atoms with E-state index in [0.717, 1.165) is 18.2 Å². The summed E-state index contributed by atoms with van der Waals surface area (Å²) in [6, 6.07) is 5.75. The van der Waals surface area contributed by atoms with Crippen LogP contribution in [0.5, 0.6) is 5.75 Å². The summed E-state index contributed by atoms with van der Waals surface area (Å²) in [6.45, 7) is 4.71. The van der Waals surface area contributed by atoms with Gasteiger partial charge in [-0.1, -0.05) is 17.7 Å². The summed E-state index contributed by atoms with van der Waals surface area (Å²) < 4.78 is 84.9. The maximum atomic E-state index is 15.2. The number of carbonyl (C=O) groups excluding carboxylic acids is 3. The second-order valence-electron chi connectivity index (χ2n) is 10.3. The molecule has 0 aliphatic heterocycles. The van der Waals surface area contributed by atoms with E-state index >= 15 is 4.39 Å². The number of rotatable bonds is 9. The second-order valence-corrected chi connectivity index (χ2v) is 10.7. The number of hydrogen-bond donors (Lipinski definition) is 3. The Morgan fingerprint density at radius 3 is 2.15 bits per heavy atom. The van der Waals surface area contributed by atoms with Gasteiger partial charge in [-0.25, -0.2) is 13.2 Å². The highest BCUT2D eigenvalue weighted by Crippen LogP contribution is 2.37. The molecule has 220 valence electrons. The van der Waals surface area contributed by atoms with Crippen LogP contribution < -0.4 is 20.7 Å². The van der Waals surface area contributed by atoms with Crippen molar-refractivity contribution < 1.29 is 45.5 Å². The summed E-state index contributed by atoms with van der Waals surface area (Å²) in [5.41, 5.74) is -4.70. The Morgan fingerprint density at radius 1 is 0.975 bits per heavy atom. The molecule has 0 unspecified atom stereocenters. The summed E-state index contributed by atoms with van der Waals surface area (Å²) in [7, 11) is 0. The van der Waals surface area contributed by atoms with Crippen molar-refractivity contribution in [3.8, 4) is 5.75 Å². The van der Waals surface area contributed by atoms with E-state index < -0.39 is 65.8 Å². The van der Waals surface area contributed by atoms with Crippen LogP contribution in [0.25, 0.3) is 0 Å². The highest BCUT2D eigenvalue weighted by Gasteiger charge is 2.52. The molecule has 0 spiro atoms. The van der Waals surface area contributed by atoms with Gasteiger partial charge in [0, 0.05) is 23.3 Å². The van der Waals surface area contributed by atoms with Gasteiger partial charge in [0.25, 0.3) is 18.2 Å². The first-order valence-corrected chi connectivity index (χ1v) is 12.1. The molecule has 0 atom stereocenters. The van der Waals surface area contributed by atoms with Gasteiger partial charge in [0.2, 0.25) is 5.91 Å². The molecule has 2 rings (SSSR count). The predicted octanol–water partition coefficient (Wildman–Crippen LogP) is 6.11. The summed E-state index contributed by atoms with van der Waals surface area (Å²) >= 11 is 6.02. The molecule has 14 heteroatoms. The lowest BCUT2D eigenvalue weighted by Gasteiger charge is -2.26. The first kappa shape index (κ1) is 32.7. The van der Waals surface area contributed by atoms with Gasteiger partial charge in [0.05, 0.1) is 16.1 Å². The number of anilines is 1. The predicted molar refractivity (Wildman–Crippen MR) is 136 cm³/mol. The van der Waals surface area contributed by atoms with Crippen LogP contribution in [0, 0.1) is 11.2 Å². The number of hydrogen-bond acceptors (Lipinski definition) is 4. The van der Waals surface area contributed by atoms with Crippen molar-refractivity contribution in [1.82, 2.24) is 10.6 Å². The highest BCUT2D eigenvalue weighted by molar-refractivity contribution is 6.34. The van der Waals surface area contributed by atoms with E-state index in [0.29, 0.717) is 13.8 Å². The average Bonchev–Trinajstić information content (AvgIpc) is 2.80. The molecule has 7 nitrogen and oxygen atoms in total. The van der Waals surface area contributed by atoms with Crippen LogP contribution in [0.1, 0.15) is 60.9 Å². The van der Waals surface area contributed by atoms with Crippen molar-refractivity contribution in [2.45, 2.75) is 59.3 Å². The summed E-state index contributed by atoms with van der Waals surface area (Å²) in [6.07, 6.45) is -7.68. The molecule has 3 N–H and O–H groups in total. The molecular weight excluding hydrogens is 568 g/mol.